The van der Waals surface area contributed by atoms with E-state index in [0.717, 1.165) is 24.8 Å². The smallest absolute Gasteiger partial charge is 0.220 e. The van der Waals surface area contributed by atoms with E-state index in [2.05, 4.69) is 39.9 Å². The highest BCUT2D eigenvalue weighted by Gasteiger charge is 2.29. The van der Waals surface area contributed by atoms with Gasteiger partial charge in [0.05, 0.1) is 24.8 Å². The maximum Gasteiger partial charge on any atom is 0.220 e. The minimum Gasteiger partial charge on any atom is -0.379 e. The predicted molar refractivity (Wildman–Crippen MR) is 109 cm³/mol. The van der Waals surface area contributed by atoms with Crippen molar-refractivity contribution in [2.24, 2.45) is 5.92 Å². The molecule has 1 fully saturated rings. The van der Waals surface area contributed by atoms with E-state index in [-0.39, 0.29) is 11.9 Å². The summed E-state index contributed by atoms with van der Waals surface area (Å²) in [5, 5.41) is 6.47. The number of nitrogens with zero attached hydrogens (tertiary/aromatic N) is 1. The fraction of sp³-hybridized carbons (Fsp3) is 0.364. The quantitative estimate of drug-likeness (QED) is 0.674. The lowest BCUT2D eigenvalue weighted by Crippen LogP contribution is -2.40. The molecule has 4 nitrogen and oxygen atoms in total. The highest BCUT2D eigenvalue weighted by Crippen LogP contribution is 2.24. The number of ether oxygens (including phenoxy) is 1. The van der Waals surface area contributed by atoms with Gasteiger partial charge in [0, 0.05) is 28.8 Å². The van der Waals surface area contributed by atoms with Gasteiger partial charge in [-0.25, -0.2) is 0 Å². The molecule has 2 atom stereocenters. The molecule has 4 rings (SSSR count). The number of nitrogens with one attached hydrogen (secondary N) is 1. The predicted octanol–water partition coefficient (Wildman–Crippen LogP) is 3.99. The van der Waals surface area contributed by atoms with Gasteiger partial charge >= 0.3 is 0 Å². The molecule has 1 aliphatic heterocycles. The van der Waals surface area contributed by atoms with E-state index >= 15 is 0 Å². The summed E-state index contributed by atoms with van der Waals surface area (Å²) in [4.78, 5) is 18.1. The Kier molecular flexibility index (Phi) is 5.80. The zero-order valence-electron chi connectivity index (χ0n) is 15.3. The first kappa shape index (κ1) is 18.1. The number of para-hydroxylation sites is 1. The molecule has 0 bridgehead atoms. The van der Waals surface area contributed by atoms with Crippen LogP contribution >= 0.6 is 11.3 Å². The largest absolute Gasteiger partial charge is 0.379 e. The molecule has 5 heteroatoms. The maximum absolute atomic E-state index is 12.4. The van der Waals surface area contributed by atoms with Crippen molar-refractivity contribution in [2.75, 3.05) is 13.2 Å². The third-order valence-corrected chi connectivity index (χ3v) is 6.11. The molecule has 1 amide bonds. The normalized spacial score (nSPS) is 19.4. The third kappa shape index (κ3) is 4.54. The molecule has 1 aromatic carbocycles. The molecule has 2 aromatic heterocycles. The van der Waals surface area contributed by atoms with Crippen molar-refractivity contribution in [1.82, 2.24) is 10.3 Å². The molecule has 1 saturated heterocycles. The minimum atomic E-state index is 0.0890. The Balaban J connectivity index is 1.34. The van der Waals surface area contributed by atoms with E-state index in [0.29, 0.717) is 25.6 Å². The Bertz CT molecular complexity index is 889. The zero-order chi connectivity index (χ0) is 18.5. The molecule has 3 aromatic rings. The number of pyridine rings is 1. The van der Waals surface area contributed by atoms with Crippen LogP contribution in [-0.4, -0.2) is 30.1 Å². The van der Waals surface area contributed by atoms with Gasteiger partial charge < -0.3 is 10.1 Å². The van der Waals surface area contributed by atoms with Crippen LogP contribution in [0.1, 0.15) is 23.3 Å². The van der Waals surface area contributed by atoms with Gasteiger partial charge in [-0.1, -0.05) is 24.3 Å². The van der Waals surface area contributed by atoms with Crippen LogP contribution in [0.25, 0.3) is 10.9 Å². The molecule has 0 saturated carbocycles. The molecular weight excluding hydrogens is 356 g/mol. The summed E-state index contributed by atoms with van der Waals surface area (Å²) in [6, 6.07) is 14.6. The number of carbonyl (C=O) groups is 1. The number of amides is 1. The number of carbonyl (C=O) groups excluding carboxylic acids is 1. The lowest BCUT2D eigenvalue weighted by atomic mass is 9.93. The van der Waals surface area contributed by atoms with Gasteiger partial charge in [-0.15, -0.1) is 11.3 Å². The van der Waals surface area contributed by atoms with E-state index in [4.69, 9.17) is 4.74 Å². The Morgan fingerprint density at radius 3 is 3.00 bits per heavy atom. The second-order valence-electron chi connectivity index (χ2n) is 7.10. The number of hydrogen-bond donors (Lipinski definition) is 1. The number of thiophene rings is 1. The molecule has 0 spiro atoms. The monoisotopic (exact) mass is 380 g/mol. The van der Waals surface area contributed by atoms with Crippen LogP contribution in [0.5, 0.6) is 0 Å². The summed E-state index contributed by atoms with van der Waals surface area (Å²) in [6.07, 6.45) is 5.19. The number of aromatic nitrogens is 1. The van der Waals surface area contributed by atoms with Crippen LogP contribution in [0.3, 0.4) is 0 Å². The number of benzene rings is 1. The number of fused-ring (bicyclic) bond motifs is 1. The molecular formula is C22H24N2O2S. The fourth-order valence-corrected chi connectivity index (χ4v) is 4.48. The van der Waals surface area contributed by atoms with Crippen LogP contribution in [0.2, 0.25) is 0 Å². The lowest BCUT2D eigenvalue weighted by Gasteiger charge is -2.20. The van der Waals surface area contributed by atoms with Crippen molar-refractivity contribution >= 4 is 28.1 Å². The van der Waals surface area contributed by atoms with E-state index in [1.165, 1.54) is 15.8 Å². The number of rotatable bonds is 7. The fourth-order valence-electron chi connectivity index (χ4n) is 3.73. The molecule has 3 heterocycles. The van der Waals surface area contributed by atoms with Gasteiger partial charge in [-0.05, 0) is 48.4 Å². The van der Waals surface area contributed by atoms with Crippen molar-refractivity contribution in [1.29, 1.82) is 0 Å². The van der Waals surface area contributed by atoms with Crippen LogP contribution < -0.4 is 5.32 Å². The van der Waals surface area contributed by atoms with Crippen LogP contribution in [0, 0.1) is 5.92 Å². The summed E-state index contributed by atoms with van der Waals surface area (Å²) < 4.78 is 5.69. The van der Waals surface area contributed by atoms with Crippen molar-refractivity contribution in [3.05, 3.63) is 64.5 Å². The molecule has 27 heavy (non-hydrogen) atoms. The number of hydrogen-bond acceptors (Lipinski definition) is 4. The van der Waals surface area contributed by atoms with Gasteiger partial charge in [-0.3, -0.25) is 9.78 Å². The van der Waals surface area contributed by atoms with Crippen LogP contribution in [-0.2, 0) is 22.4 Å². The summed E-state index contributed by atoms with van der Waals surface area (Å²) in [5.74, 6) is 0.434. The topological polar surface area (TPSA) is 51.2 Å². The van der Waals surface area contributed by atoms with Crippen LogP contribution in [0.4, 0.5) is 0 Å². The van der Waals surface area contributed by atoms with Gasteiger partial charge in [0.15, 0.2) is 0 Å². The van der Waals surface area contributed by atoms with Crippen molar-refractivity contribution < 1.29 is 9.53 Å². The summed E-state index contributed by atoms with van der Waals surface area (Å²) in [7, 11) is 0. The van der Waals surface area contributed by atoms with E-state index in [1.54, 1.807) is 11.3 Å². The van der Waals surface area contributed by atoms with Gasteiger partial charge in [-0.2, -0.15) is 0 Å². The third-order valence-electron chi connectivity index (χ3n) is 5.17. The Hall–Kier alpha value is -2.24. The highest BCUT2D eigenvalue weighted by molar-refractivity contribution is 7.09. The maximum atomic E-state index is 12.4. The van der Waals surface area contributed by atoms with Crippen LogP contribution in [0.15, 0.2) is 54.0 Å². The van der Waals surface area contributed by atoms with Gasteiger partial charge in [0.25, 0.3) is 0 Å². The first-order valence-electron chi connectivity index (χ1n) is 9.52. The van der Waals surface area contributed by atoms with E-state index in [9.17, 15) is 4.79 Å². The SMILES string of the molecule is O=C(CCCc1cccs1)N[C@H]1COC[C@H]1Cc1ccnc2ccccc12. The Labute approximate surface area is 163 Å². The summed E-state index contributed by atoms with van der Waals surface area (Å²) >= 11 is 1.75. The molecule has 0 aliphatic carbocycles. The Morgan fingerprint density at radius 2 is 2.11 bits per heavy atom. The average molecular weight is 381 g/mol. The molecule has 1 N–H and O–H groups in total. The van der Waals surface area contributed by atoms with E-state index < -0.39 is 0 Å². The first-order valence-corrected chi connectivity index (χ1v) is 10.4. The summed E-state index contributed by atoms with van der Waals surface area (Å²) in [6.45, 7) is 1.29. The van der Waals surface area contributed by atoms with Crippen molar-refractivity contribution in [2.45, 2.75) is 31.7 Å². The van der Waals surface area contributed by atoms with Gasteiger partial charge in [0.2, 0.25) is 5.91 Å². The average Bonchev–Trinajstić information content (AvgIpc) is 3.35. The van der Waals surface area contributed by atoms with Gasteiger partial charge in [0.1, 0.15) is 0 Å². The molecule has 140 valence electrons. The standard InChI is InChI=1S/C22H24N2O2S/c25-22(9-3-5-18-6-4-12-27-18)24-21-15-26-14-17(21)13-16-10-11-23-20-8-2-1-7-19(16)20/h1-2,4,6-8,10-12,17,21H,3,5,9,13-15H2,(H,24,25)/t17-,21+/m1/s1. The second-order valence-corrected chi connectivity index (χ2v) is 8.13. The minimum absolute atomic E-state index is 0.0890. The lowest BCUT2D eigenvalue weighted by molar-refractivity contribution is -0.122. The molecule has 0 radical (unpaired) electrons. The van der Waals surface area contributed by atoms with E-state index in [1.807, 2.05) is 24.4 Å². The second kappa shape index (κ2) is 8.63. The van der Waals surface area contributed by atoms with Crippen molar-refractivity contribution in [3.8, 4) is 0 Å². The number of aryl methyl sites for hydroxylation is 1. The zero-order valence-corrected chi connectivity index (χ0v) is 16.1. The molecule has 0 unspecified atom stereocenters. The highest BCUT2D eigenvalue weighted by atomic mass is 32.1. The van der Waals surface area contributed by atoms with Crippen molar-refractivity contribution in [3.63, 3.8) is 0 Å². The summed E-state index contributed by atoms with van der Waals surface area (Å²) in [5.41, 5.74) is 2.29. The molecule has 1 aliphatic rings. The first-order chi connectivity index (χ1) is 13.3. The Morgan fingerprint density at radius 1 is 1.19 bits per heavy atom.